The molecule has 1 N–H and O–H groups in total. The zero-order valence-corrected chi connectivity index (χ0v) is 10.5. The van der Waals surface area contributed by atoms with E-state index in [2.05, 4.69) is 19.2 Å². The smallest absolute Gasteiger partial charge is 0.169 e. The van der Waals surface area contributed by atoms with Gasteiger partial charge in [-0.15, -0.1) is 0 Å². The maximum atomic E-state index is 5.16. The Morgan fingerprint density at radius 3 is 2.40 bits per heavy atom. The van der Waals surface area contributed by atoms with Crippen molar-refractivity contribution < 1.29 is 9.47 Å². The van der Waals surface area contributed by atoms with Crippen molar-refractivity contribution in [3.8, 4) is 0 Å². The van der Waals surface area contributed by atoms with Crippen LogP contribution in [-0.2, 0) is 9.47 Å². The Balaban J connectivity index is 2.26. The zero-order valence-electron chi connectivity index (χ0n) is 10.5. The third-order valence-corrected chi connectivity index (χ3v) is 3.50. The van der Waals surface area contributed by atoms with Crippen molar-refractivity contribution in [3.05, 3.63) is 0 Å². The molecule has 90 valence electrons. The van der Waals surface area contributed by atoms with E-state index in [4.69, 9.17) is 9.47 Å². The van der Waals surface area contributed by atoms with Crippen molar-refractivity contribution in [2.75, 3.05) is 20.8 Å². The van der Waals surface area contributed by atoms with Crippen LogP contribution in [0.5, 0.6) is 0 Å². The third kappa shape index (κ3) is 4.09. The maximum Gasteiger partial charge on any atom is 0.169 e. The standard InChI is InChI=1S/C12H25NO2/c1-9-5-6-11(10(2)7-9)13-8-12(14-3)15-4/h9-13H,5-8H2,1-4H3. The van der Waals surface area contributed by atoms with Gasteiger partial charge in [-0.1, -0.05) is 13.8 Å². The number of rotatable bonds is 5. The molecule has 1 fully saturated rings. The summed E-state index contributed by atoms with van der Waals surface area (Å²) in [4.78, 5) is 0. The molecule has 0 bridgehead atoms. The number of hydrogen-bond acceptors (Lipinski definition) is 3. The van der Waals surface area contributed by atoms with Crippen LogP contribution in [0.15, 0.2) is 0 Å². The molecule has 1 saturated carbocycles. The van der Waals surface area contributed by atoms with Gasteiger partial charge in [-0.3, -0.25) is 0 Å². The second-order valence-corrected chi connectivity index (χ2v) is 4.81. The predicted octanol–water partition coefficient (Wildman–Crippen LogP) is 2.02. The second kappa shape index (κ2) is 6.46. The van der Waals surface area contributed by atoms with Gasteiger partial charge in [-0.05, 0) is 31.1 Å². The highest BCUT2D eigenvalue weighted by atomic mass is 16.7. The minimum Gasteiger partial charge on any atom is -0.355 e. The minimum atomic E-state index is -0.114. The van der Waals surface area contributed by atoms with Gasteiger partial charge in [-0.25, -0.2) is 0 Å². The molecule has 0 aromatic heterocycles. The van der Waals surface area contributed by atoms with Crippen molar-refractivity contribution in [1.82, 2.24) is 5.32 Å². The summed E-state index contributed by atoms with van der Waals surface area (Å²) in [6.45, 7) is 5.47. The fourth-order valence-electron chi connectivity index (χ4n) is 2.48. The van der Waals surface area contributed by atoms with Gasteiger partial charge in [0, 0.05) is 26.8 Å². The second-order valence-electron chi connectivity index (χ2n) is 4.81. The summed E-state index contributed by atoms with van der Waals surface area (Å²) in [6.07, 6.45) is 3.84. The molecule has 0 aromatic carbocycles. The lowest BCUT2D eigenvalue weighted by Crippen LogP contribution is -2.43. The molecule has 0 radical (unpaired) electrons. The maximum absolute atomic E-state index is 5.16. The lowest BCUT2D eigenvalue weighted by atomic mass is 9.80. The molecule has 0 saturated heterocycles. The molecule has 1 aliphatic carbocycles. The Bertz CT molecular complexity index is 171. The van der Waals surface area contributed by atoms with Gasteiger partial charge in [0.05, 0.1) is 0 Å². The third-order valence-electron chi connectivity index (χ3n) is 3.50. The molecular formula is C12H25NO2. The SMILES string of the molecule is COC(CNC1CCC(C)CC1C)OC. The number of hydrogen-bond donors (Lipinski definition) is 1. The minimum absolute atomic E-state index is 0.114. The topological polar surface area (TPSA) is 30.5 Å². The highest BCUT2D eigenvalue weighted by Crippen LogP contribution is 2.28. The van der Waals surface area contributed by atoms with Crippen molar-refractivity contribution in [1.29, 1.82) is 0 Å². The first kappa shape index (κ1) is 12.9. The summed E-state index contributed by atoms with van der Waals surface area (Å²) < 4.78 is 10.3. The van der Waals surface area contributed by atoms with E-state index in [1.807, 2.05) is 0 Å². The molecule has 0 aromatic rings. The molecule has 3 heteroatoms. The van der Waals surface area contributed by atoms with Crippen LogP contribution in [0.3, 0.4) is 0 Å². The van der Waals surface area contributed by atoms with Gasteiger partial charge in [0.15, 0.2) is 6.29 Å². The first-order valence-corrected chi connectivity index (χ1v) is 5.96. The predicted molar refractivity (Wildman–Crippen MR) is 61.8 cm³/mol. The molecule has 3 atom stereocenters. The quantitative estimate of drug-likeness (QED) is 0.712. The Kier molecular flexibility index (Phi) is 5.58. The monoisotopic (exact) mass is 215 g/mol. The molecule has 0 spiro atoms. The van der Waals surface area contributed by atoms with Crippen LogP contribution in [0.1, 0.15) is 33.1 Å². The van der Waals surface area contributed by atoms with Gasteiger partial charge in [-0.2, -0.15) is 0 Å². The summed E-state index contributed by atoms with van der Waals surface area (Å²) in [6, 6.07) is 0.633. The molecule has 3 unspecified atom stereocenters. The van der Waals surface area contributed by atoms with E-state index in [9.17, 15) is 0 Å². The first-order chi connectivity index (χ1) is 7.17. The lowest BCUT2D eigenvalue weighted by molar-refractivity contribution is -0.101. The summed E-state index contributed by atoms with van der Waals surface area (Å²) >= 11 is 0. The van der Waals surface area contributed by atoms with Gasteiger partial charge in [0.25, 0.3) is 0 Å². The molecule has 1 rings (SSSR count). The summed E-state index contributed by atoms with van der Waals surface area (Å²) in [5.41, 5.74) is 0. The summed E-state index contributed by atoms with van der Waals surface area (Å²) in [5.74, 6) is 1.65. The van der Waals surface area contributed by atoms with E-state index in [0.717, 1.165) is 18.4 Å². The zero-order chi connectivity index (χ0) is 11.3. The molecule has 1 aliphatic rings. The highest BCUT2D eigenvalue weighted by molar-refractivity contribution is 4.81. The van der Waals surface area contributed by atoms with Crippen LogP contribution in [0.4, 0.5) is 0 Å². The van der Waals surface area contributed by atoms with Crippen LogP contribution in [0.25, 0.3) is 0 Å². The molecule has 15 heavy (non-hydrogen) atoms. The van der Waals surface area contributed by atoms with Gasteiger partial charge in [0.1, 0.15) is 0 Å². The summed E-state index contributed by atoms with van der Waals surface area (Å²) in [7, 11) is 3.37. The van der Waals surface area contributed by atoms with E-state index in [1.54, 1.807) is 14.2 Å². The highest BCUT2D eigenvalue weighted by Gasteiger charge is 2.25. The van der Waals surface area contributed by atoms with Gasteiger partial charge < -0.3 is 14.8 Å². The van der Waals surface area contributed by atoms with Crippen molar-refractivity contribution in [3.63, 3.8) is 0 Å². The Morgan fingerprint density at radius 2 is 1.87 bits per heavy atom. The van der Waals surface area contributed by atoms with Crippen LogP contribution in [-0.4, -0.2) is 33.1 Å². The largest absolute Gasteiger partial charge is 0.355 e. The molecule has 0 amide bonds. The van der Waals surface area contributed by atoms with E-state index >= 15 is 0 Å². The normalized spacial score (nSPS) is 32.2. The van der Waals surface area contributed by atoms with E-state index < -0.39 is 0 Å². The van der Waals surface area contributed by atoms with E-state index in [0.29, 0.717) is 6.04 Å². The summed E-state index contributed by atoms with van der Waals surface area (Å²) in [5, 5.41) is 3.54. The van der Waals surface area contributed by atoms with Crippen molar-refractivity contribution in [2.45, 2.75) is 45.4 Å². The molecule has 0 heterocycles. The van der Waals surface area contributed by atoms with Crippen LogP contribution >= 0.6 is 0 Å². The lowest BCUT2D eigenvalue weighted by Gasteiger charge is -2.34. The van der Waals surface area contributed by atoms with Gasteiger partial charge >= 0.3 is 0 Å². The van der Waals surface area contributed by atoms with Crippen LogP contribution in [0, 0.1) is 11.8 Å². The number of ether oxygens (including phenoxy) is 2. The fourth-order valence-corrected chi connectivity index (χ4v) is 2.48. The van der Waals surface area contributed by atoms with E-state index in [1.165, 1.54) is 19.3 Å². The number of nitrogens with one attached hydrogen (secondary N) is 1. The van der Waals surface area contributed by atoms with Crippen LogP contribution < -0.4 is 5.32 Å². The Labute approximate surface area is 93.5 Å². The average molecular weight is 215 g/mol. The fraction of sp³-hybridized carbons (Fsp3) is 1.00. The van der Waals surface area contributed by atoms with Crippen LogP contribution in [0.2, 0.25) is 0 Å². The van der Waals surface area contributed by atoms with Gasteiger partial charge in [0.2, 0.25) is 0 Å². The number of methoxy groups -OCH3 is 2. The van der Waals surface area contributed by atoms with Crippen molar-refractivity contribution >= 4 is 0 Å². The van der Waals surface area contributed by atoms with Crippen molar-refractivity contribution in [2.24, 2.45) is 11.8 Å². The Morgan fingerprint density at radius 1 is 1.20 bits per heavy atom. The molecule has 0 aliphatic heterocycles. The Hall–Kier alpha value is -0.120. The average Bonchev–Trinajstić information content (AvgIpc) is 2.22. The van der Waals surface area contributed by atoms with E-state index in [-0.39, 0.29) is 6.29 Å². The first-order valence-electron chi connectivity index (χ1n) is 5.96. The molecular weight excluding hydrogens is 190 g/mol. The molecule has 3 nitrogen and oxygen atoms in total.